The number of aliphatic hydroxyl groups excluding tert-OH is 1. The maximum absolute atomic E-state index is 11.7. The number of aromatic nitrogens is 2. The summed E-state index contributed by atoms with van der Waals surface area (Å²) in [5.74, 6) is -3.13. The van der Waals surface area contributed by atoms with Gasteiger partial charge in [-0.2, -0.15) is 0 Å². The minimum Gasteiger partial charge on any atom is -0.502 e. The lowest BCUT2D eigenvalue weighted by atomic mass is 10.2. The standard InChI is InChI=1S/C14H12N2O4/c17-12(8-13(18)14(19)20)11-5-4-10(16-11)7-9-3-1-2-6-15-9/h1-6,8,16,18H,7H2,(H,19,20)/b13-8-. The van der Waals surface area contributed by atoms with E-state index in [4.69, 9.17) is 10.2 Å². The number of carbonyl (C=O) groups excluding carboxylic acids is 1. The number of ketones is 1. The fourth-order valence-corrected chi connectivity index (χ4v) is 1.65. The Bertz CT molecular complexity index is 659. The highest BCUT2D eigenvalue weighted by Crippen LogP contribution is 2.09. The first-order chi connectivity index (χ1) is 9.56. The molecule has 0 aliphatic rings. The molecule has 6 nitrogen and oxygen atoms in total. The minimum atomic E-state index is -1.54. The number of pyridine rings is 1. The number of nitrogens with zero attached hydrogens (tertiary/aromatic N) is 1. The number of hydrogen-bond donors (Lipinski definition) is 3. The second-order valence-corrected chi connectivity index (χ2v) is 4.09. The van der Waals surface area contributed by atoms with Gasteiger partial charge in [-0.15, -0.1) is 0 Å². The fraction of sp³-hybridized carbons (Fsp3) is 0.0714. The molecule has 0 unspecified atom stereocenters. The normalized spacial score (nSPS) is 11.3. The largest absolute Gasteiger partial charge is 0.502 e. The van der Waals surface area contributed by atoms with Crippen LogP contribution in [0.25, 0.3) is 0 Å². The molecular weight excluding hydrogens is 260 g/mol. The van der Waals surface area contributed by atoms with Crippen LogP contribution in [0, 0.1) is 0 Å². The number of aromatic amines is 1. The van der Waals surface area contributed by atoms with Crippen LogP contribution in [-0.4, -0.2) is 31.9 Å². The topological polar surface area (TPSA) is 103 Å². The Morgan fingerprint density at radius 3 is 2.65 bits per heavy atom. The van der Waals surface area contributed by atoms with E-state index >= 15 is 0 Å². The van der Waals surface area contributed by atoms with Crippen LogP contribution in [0.3, 0.4) is 0 Å². The van der Waals surface area contributed by atoms with Gasteiger partial charge in [-0.05, 0) is 24.3 Å². The summed E-state index contributed by atoms with van der Waals surface area (Å²) in [5, 5.41) is 17.5. The molecule has 0 bridgehead atoms. The maximum atomic E-state index is 11.7. The number of aliphatic hydroxyl groups is 1. The van der Waals surface area contributed by atoms with E-state index in [9.17, 15) is 9.59 Å². The highest BCUT2D eigenvalue weighted by molar-refractivity contribution is 6.06. The molecule has 0 aliphatic heterocycles. The van der Waals surface area contributed by atoms with Crippen LogP contribution in [0.2, 0.25) is 0 Å². The predicted molar refractivity (Wildman–Crippen MR) is 70.5 cm³/mol. The van der Waals surface area contributed by atoms with E-state index in [1.807, 2.05) is 18.2 Å². The lowest BCUT2D eigenvalue weighted by Gasteiger charge is -1.97. The first-order valence-corrected chi connectivity index (χ1v) is 5.82. The van der Waals surface area contributed by atoms with E-state index in [1.165, 1.54) is 6.07 Å². The number of hydrogen-bond acceptors (Lipinski definition) is 4. The van der Waals surface area contributed by atoms with Crippen LogP contribution in [0.1, 0.15) is 21.9 Å². The second kappa shape index (κ2) is 5.83. The molecule has 102 valence electrons. The number of H-pyrrole nitrogens is 1. The Morgan fingerprint density at radius 2 is 2.00 bits per heavy atom. The lowest BCUT2D eigenvalue weighted by molar-refractivity contribution is -0.135. The van der Waals surface area contributed by atoms with Crippen LogP contribution in [0.4, 0.5) is 0 Å². The molecule has 2 heterocycles. The molecule has 2 aromatic heterocycles. The quantitative estimate of drug-likeness (QED) is 0.436. The van der Waals surface area contributed by atoms with E-state index in [0.717, 1.165) is 11.4 Å². The van der Waals surface area contributed by atoms with Gasteiger partial charge in [0.2, 0.25) is 11.5 Å². The van der Waals surface area contributed by atoms with Crippen molar-refractivity contribution in [2.75, 3.05) is 0 Å². The Kier molecular flexibility index (Phi) is 3.95. The highest BCUT2D eigenvalue weighted by atomic mass is 16.4. The third-order valence-electron chi connectivity index (χ3n) is 2.60. The molecule has 2 aromatic rings. The van der Waals surface area contributed by atoms with Gasteiger partial charge in [0.05, 0.1) is 5.69 Å². The van der Waals surface area contributed by atoms with Gasteiger partial charge in [-0.1, -0.05) is 6.07 Å². The smallest absolute Gasteiger partial charge is 0.371 e. The van der Waals surface area contributed by atoms with Crippen LogP contribution in [-0.2, 0) is 11.2 Å². The van der Waals surface area contributed by atoms with Crippen LogP contribution < -0.4 is 0 Å². The van der Waals surface area contributed by atoms with Gasteiger partial charge in [0, 0.05) is 30.1 Å². The maximum Gasteiger partial charge on any atom is 0.371 e. The van der Waals surface area contributed by atoms with Gasteiger partial charge in [-0.3, -0.25) is 9.78 Å². The number of allylic oxidation sites excluding steroid dienone is 1. The second-order valence-electron chi connectivity index (χ2n) is 4.09. The van der Waals surface area contributed by atoms with Crippen molar-refractivity contribution in [1.29, 1.82) is 0 Å². The van der Waals surface area contributed by atoms with Crippen molar-refractivity contribution in [3.63, 3.8) is 0 Å². The Labute approximate surface area is 114 Å². The zero-order valence-electron chi connectivity index (χ0n) is 10.4. The molecule has 3 N–H and O–H groups in total. The zero-order valence-corrected chi connectivity index (χ0v) is 10.4. The number of nitrogens with one attached hydrogen (secondary N) is 1. The van der Waals surface area contributed by atoms with Crippen LogP contribution in [0.15, 0.2) is 48.4 Å². The van der Waals surface area contributed by atoms with Gasteiger partial charge in [-0.25, -0.2) is 4.79 Å². The molecule has 20 heavy (non-hydrogen) atoms. The van der Waals surface area contributed by atoms with Crippen molar-refractivity contribution in [3.8, 4) is 0 Å². The van der Waals surface area contributed by atoms with E-state index in [1.54, 1.807) is 12.3 Å². The molecule has 0 spiro atoms. The molecule has 0 saturated heterocycles. The number of carbonyl (C=O) groups is 2. The van der Waals surface area contributed by atoms with Gasteiger partial charge >= 0.3 is 5.97 Å². The zero-order chi connectivity index (χ0) is 14.5. The van der Waals surface area contributed by atoms with Crippen molar-refractivity contribution >= 4 is 11.8 Å². The number of rotatable bonds is 5. The van der Waals surface area contributed by atoms with Gasteiger partial charge in [0.25, 0.3) is 0 Å². The van der Waals surface area contributed by atoms with Gasteiger partial charge in [0.1, 0.15) is 0 Å². The van der Waals surface area contributed by atoms with E-state index in [0.29, 0.717) is 12.5 Å². The third-order valence-corrected chi connectivity index (χ3v) is 2.60. The van der Waals surface area contributed by atoms with Crippen molar-refractivity contribution < 1.29 is 19.8 Å². The molecular formula is C14H12N2O4. The van der Waals surface area contributed by atoms with Crippen LogP contribution in [0.5, 0.6) is 0 Å². The Hall–Kier alpha value is -2.89. The molecule has 0 saturated carbocycles. The summed E-state index contributed by atoms with van der Waals surface area (Å²) in [6.45, 7) is 0. The summed E-state index contributed by atoms with van der Waals surface area (Å²) in [4.78, 5) is 29.1. The average Bonchev–Trinajstić information content (AvgIpc) is 2.88. The summed E-state index contributed by atoms with van der Waals surface area (Å²) in [6, 6.07) is 8.79. The molecule has 0 fully saturated rings. The number of carboxylic acid groups (broad SMARTS) is 1. The van der Waals surface area contributed by atoms with Crippen molar-refractivity contribution in [1.82, 2.24) is 9.97 Å². The SMILES string of the molecule is O=C(O)/C(O)=C/C(=O)c1ccc(Cc2ccccn2)[nH]1. The minimum absolute atomic E-state index is 0.212. The Morgan fingerprint density at radius 1 is 1.20 bits per heavy atom. The first-order valence-electron chi connectivity index (χ1n) is 5.82. The first kappa shape index (κ1) is 13.5. The lowest BCUT2D eigenvalue weighted by Crippen LogP contribution is -2.04. The van der Waals surface area contributed by atoms with E-state index in [2.05, 4.69) is 9.97 Å². The van der Waals surface area contributed by atoms with Gasteiger partial charge < -0.3 is 15.2 Å². The van der Waals surface area contributed by atoms with Crippen molar-refractivity contribution in [2.45, 2.75) is 6.42 Å². The summed E-state index contributed by atoms with van der Waals surface area (Å²) in [5.41, 5.74) is 1.83. The number of aliphatic carboxylic acids is 1. The molecule has 0 radical (unpaired) electrons. The van der Waals surface area contributed by atoms with E-state index in [-0.39, 0.29) is 5.69 Å². The van der Waals surface area contributed by atoms with Crippen molar-refractivity contribution in [3.05, 3.63) is 65.4 Å². The summed E-state index contributed by atoms with van der Waals surface area (Å²) in [7, 11) is 0. The van der Waals surface area contributed by atoms with Crippen LogP contribution >= 0.6 is 0 Å². The fourth-order valence-electron chi connectivity index (χ4n) is 1.65. The monoisotopic (exact) mass is 272 g/mol. The Balaban J connectivity index is 2.11. The predicted octanol–water partition coefficient (Wildman–Crippen LogP) is 1.71. The molecule has 2 rings (SSSR count). The third kappa shape index (κ3) is 3.32. The molecule has 0 atom stereocenters. The van der Waals surface area contributed by atoms with Gasteiger partial charge in [0.15, 0.2) is 0 Å². The highest BCUT2D eigenvalue weighted by Gasteiger charge is 2.11. The molecule has 0 aromatic carbocycles. The molecule has 0 aliphatic carbocycles. The van der Waals surface area contributed by atoms with E-state index < -0.39 is 17.5 Å². The summed E-state index contributed by atoms with van der Waals surface area (Å²) >= 11 is 0. The van der Waals surface area contributed by atoms with Crippen molar-refractivity contribution in [2.24, 2.45) is 0 Å². The number of carboxylic acids is 1. The summed E-state index contributed by atoms with van der Waals surface area (Å²) in [6.07, 6.45) is 2.87. The summed E-state index contributed by atoms with van der Waals surface area (Å²) < 4.78 is 0. The average molecular weight is 272 g/mol. The molecule has 6 heteroatoms. The molecule has 0 amide bonds.